The number of pyridine rings is 5. The molecule has 15 heterocycles. The summed E-state index contributed by atoms with van der Waals surface area (Å²) in [4.78, 5) is 27.4. The Morgan fingerprint density at radius 3 is 1.33 bits per heavy atom. The summed E-state index contributed by atoms with van der Waals surface area (Å²) >= 11 is 0. The van der Waals surface area contributed by atoms with Gasteiger partial charge in [0.05, 0.1) is 11.2 Å². The molecule has 0 spiro atoms. The molecule has 10 aromatic carbocycles. The number of benzene rings is 10. The minimum atomic E-state index is -0.0756. The van der Waals surface area contributed by atoms with E-state index in [1.54, 1.807) is 12.4 Å². The molecule has 0 amide bonds. The summed E-state index contributed by atoms with van der Waals surface area (Å²) in [6.07, 6.45) is 9.17. The normalized spacial score (nSPS) is 13.8. The largest absolute Gasteiger partial charge is 0.512 e. The monoisotopic (exact) mass is 2340 g/mol. The van der Waals surface area contributed by atoms with Crippen LogP contribution in [0.4, 0.5) is 34.4 Å². The molecule has 18 heteroatoms. The maximum Gasteiger partial charge on any atom is 0.179 e. The molecule has 557 valence electrons. The Hall–Kier alpha value is -10.4. The second kappa shape index (κ2) is 29.0. The summed E-state index contributed by atoms with van der Waals surface area (Å²) in [7, 11) is 0. The number of fused-ring (bicyclic) bond motifs is 24. The number of rotatable bonds is 0. The molecule has 0 saturated heterocycles. The molecule has 0 atom stereocenters. The number of hydrogen-bond acceptors (Lipinski definition) is 10. The fourth-order valence-corrected chi connectivity index (χ4v) is 17.3. The van der Waals surface area contributed by atoms with E-state index >= 15 is 0 Å². The number of hydrogen-bond donors (Lipinski definition) is 0. The van der Waals surface area contributed by atoms with Gasteiger partial charge in [0.1, 0.15) is 28.7 Å². The van der Waals surface area contributed by atoms with E-state index < -0.39 is 0 Å². The van der Waals surface area contributed by atoms with Crippen LogP contribution in [-0.2, 0) is 117 Å². The zero-order valence-electron chi connectivity index (χ0n) is 60.8. The van der Waals surface area contributed by atoms with Crippen LogP contribution in [0.1, 0.15) is 74.9 Å². The molecular weight excluding hydrogens is 2280 g/mol. The predicted octanol–water partition coefficient (Wildman–Crippen LogP) is 22.9. The average Bonchev–Trinajstić information content (AvgIpc) is 1.03. The molecule has 13 nitrogen and oxygen atoms in total. The molecule has 0 aliphatic carbocycles. The Labute approximate surface area is 713 Å². The van der Waals surface area contributed by atoms with Crippen LogP contribution in [0.2, 0.25) is 0 Å². The number of aromatic nitrogens is 8. The Bertz CT molecular complexity index is 6710. The van der Waals surface area contributed by atoms with Gasteiger partial charge in [-0.05, 0) is 111 Å². The van der Waals surface area contributed by atoms with Crippen molar-refractivity contribution < 1.29 is 115 Å². The van der Waals surface area contributed by atoms with Gasteiger partial charge in [0, 0.05) is 181 Å². The number of nitrogens with zero attached hydrogens (tertiary/aromatic N) is 10. The van der Waals surface area contributed by atoms with Crippen molar-refractivity contribution in [3.63, 3.8) is 0 Å². The predicted molar refractivity (Wildman–Crippen MR) is 425 cm³/mol. The second-order valence-electron chi connectivity index (χ2n) is 29.1. The smallest absolute Gasteiger partial charge is 0.179 e. The van der Waals surface area contributed by atoms with Crippen LogP contribution >= 0.6 is 0 Å². The van der Waals surface area contributed by atoms with Crippen LogP contribution in [0.5, 0.6) is 34.5 Å². The topological polar surface area (TPSA) is 113 Å². The molecule has 6 aliphatic heterocycles. The summed E-state index contributed by atoms with van der Waals surface area (Å²) in [6.45, 7) is 13.8. The van der Waals surface area contributed by atoms with Gasteiger partial charge < -0.3 is 37.5 Å². The summed E-state index contributed by atoms with van der Waals surface area (Å²) in [6, 6.07) is 99.2. The van der Waals surface area contributed by atoms with Crippen LogP contribution in [0.25, 0.3) is 93.5 Å². The van der Waals surface area contributed by atoms with E-state index in [4.69, 9.17) is 24.2 Å². The van der Waals surface area contributed by atoms with Gasteiger partial charge in [-0.15, -0.1) is 27.8 Å². The first-order valence-electron chi connectivity index (χ1n) is 36.0. The first kappa shape index (κ1) is 75.6. The Morgan fingerprint density at radius 2 is 0.643 bits per heavy atom. The summed E-state index contributed by atoms with van der Waals surface area (Å²) < 4.78 is 24.5. The molecule has 19 aromatic rings. The average molecular weight is 2340 g/mol. The van der Waals surface area contributed by atoms with Crippen LogP contribution in [0.15, 0.2) is 274 Å². The standard InChI is InChI=1S/C23H21N2.C20H15N2.C17H9N2O2.C17H9N2O.C17H9N2.5Ir/c1-22(2)15-9-5-6-13-19(15)25-20-16(22)10-7-11-17(20)23(3,4)18-12-8-14-24-21(18)25;1-20(2)15-9-5-8-14-13-7-3-4-11-17(13)22(18(14)15)19-16(20)10-6-12-21-19;1-2-6-12-11(5-1)19-16-13(20-12)7-3-8-14(16)21-15-9-4-10-18-17(15)19;1-2-7-13-11(5-1)12-6-3-8-14-16(12)19(13)17-15(20-14)9-4-10-18-17;1-2-9-15-11(5-1)12-6-3-7-13-14-8-4-10-18-17(14)19(15)16(12)13;;;;;/h5-12,14H,1-4H3;3-10,12H,1-2H3;1-4,6-10H;1-6,8-10H;1-8,10H;;;;;/q5*-1;;;;;. The Morgan fingerprint density at radius 1 is 0.268 bits per heavy atom. The molecule has 0 bridgehead atoms. The number of para-hydroxylation sites is 10. The molecular formula is C94H63Ir5N10O3-5. The summed E-state index contributed by atoms with van der Waals surface area (Å²) in [5.41, 5.74) is 19.8. The number of ether oxygens (including phenoxy) is 3. The number of anilines is 6. The molecule has 0 unspecified atom stereocenters. The van der Waals surface area contributed by atoms with Gasteiger partial charge in [-0.25, -0.2) is 24.9 Å². The minimum absolute atomic E-state index is 0. The maximum absolute atomic E-state index is 5.98. The van der Waals surface area contributed by atoms with E-state index in [1.165, 1.54) is 93.2 Å². The molecule has 5 radical (unpaired) electrons. The molecule has 9 aromatic heterocycles. The minimum Gasteiger partial charge on any atom is -0.512 e. The van der Waals surface area contributed by atoms with E-state index in [9.17, 15) is 0 Å². The van der Waals surface area contributed by atoms with Gasteiger partial charge >= 0.3 is 0 Å². The third kappa shape index (κ3) is 11.2. The fraction of sp³-hybridized carbons (Fsp3) is 0.0957. The summed E-state index contributed by atoms with van der Waals surface area (Å²) in [5.74, 6) is 8.31. The van der Waals surface area contributed by atoms with E-state index in [0.29, 0.717) is 0 Å². The van der Waals surface area contributed by atoms with Crippen molar-refractivity contribution >= 4 is 116 Å². The molecule has 6 aliphatic rings. The van der Waals surface area contributed by atoms with Crippen molar-refractivity contribution in [2.75, 3.05) is 9.80 Å². The van der Waals surface area contributed by atoms with Crippen LogP contribution in [-0.4, -0.2) is 38.5 Å². The van der Waals surface area contributed by atoms with Gasteiger partial charge in [-0.3, -0.25) is 0 Å². The van der Waals surface area contributed by atoms with E-state index in [2.05, 4.69) is 221 Å². The van der Waals surface area contributed by atoms with Crippen LogP contribution in [0.3, 0.4) is 0 Å². The quantitative estimate of drug-likeness (QED) is 0.136. The SMILES string of the molecule is CC1(C)c2ccc[c-]c2N2c3ncccc3C(C)(C)c3cccc1c32.CC1(C)c2cccnc2-n2c3[c-]cccc3c3cccc1c32.[Ir].[Ir].[Ir].[Ir].[Ir].[c-]1cccc2c1N1c3ncccc3Oc3cccc(c31)O2.[c-]1cccc2c3cccc4c3n(c12)-c1ncccc1O4.[c-]1cccc2c3cccc4c5cccnc5n(c12)c34. The van der Waals surface area contributed by atoms with Gasteiger partial charge in [0.2, 0.25) is 0 Å². The van der Waals surface area contributed by atoms with Gasteiger partial charge in [0.25, 0.3) is 0 Å². The second-order valence-corrected chi connectivity index (χ2v) is 29.1. The van der Waals surface area contributed by atoms with Crippen molar-refractivity contribution in [1.29, 1.82) is 0 Å². The third-order valence-corrected chi connectivity index (χ3v) is 22.2. The maximum atomic E-state index is 5.98. The third-order valence-electron chi connectivity index (χ3n) is 22.2. The zero-order valence-corrected chi connectivity index (χ0v) is 72.8. The van der Waals surface area contributed by atoms with Crippen LogP contribution in [0, 0.1) is 30.3 Å². The van der Waals surface area contributed by atoms with Gasteiger partial charge in [-0.2, -0.15) is 115 Å². The molecule has 112 heavy (non-hydrogen) atoms. The van der Waals surface area contributed by atoms with E-state index in [0.717, 1.165) is 103 Å². The van der Waals surface area contributed by atoms with Crippen LogP contribution < -0.4 is 24.0 Å². The summed E-state index contributed by atoms with van der Waals surface area (Å²) in [5, 5.41) is 9.88. The van der Waals surface area contributed by atoms with Gasteiger partial charge in [0.15, 0.2) is 34.6 Å². The van der Waals surface area contributed by atoms with Crippen molar-refractivity contribution in [1.82, 2.24) is 38.5 Å². The van der Waals surface area contributed by atoms with Crippen molar-refractivity contribution in [3.8, 4) is 46.1 Å². The van der Waals surface area contributed by atoms with Crippen molar-refractivity contribution in [2.45, 2.75) is 57.8 Å². The fourth-order valence-electron chi connectivity index (χ4n) is 17.3. The molecule has 25 rings (SSSR count). The Kier molecular flexibility index (Phi) is 19.6. The first-order chi connectivity index (χ1) is 52.4. The van der Waals surface area contributed by atoms with E-state index in [-0.39, 0.29) is 117 Å². The Balaban J connectivity index is 0.000000105. The molecule has 0 saturated carbocycles. The van der Waals surface area contributed by atoms with Crippen molar-refractivity contribution in [2.24, 2.45) is 0 Å². The van der Waals surface area contributed by atoms with E-state index in [1.807, 2.05) is 151 Å². The molecule has 0 fully saturated rings. The van der Waals surface area contributed by atoms with Gasteiger partial charge in [-0.1, -0.05) is 149 Å². The first-order valence-corrected chi connectivity index (χ1v) is 36.0. The van der Waals surface area contributed by atoms with Crippen molar-refractivity contribution in [3.05, 3.63) is 337 Å². The zero-order chi connectivity index (χ0) is 71.6. The molecule has 0 N–H and O–H groups in total.